The van der Waals surface area contributed by atoms with Crippen LogP contribution in [0, 0.1) is 5.92 Å². The Balaban J connectivity index is 1.64. The normalized spacial score (nSPS) is 22.7. The third-order valence-corrected chi connectivity index (χ3v) is 4.86. The van der Waals surface area contributed by atoms with Crippen molar-refractivity contribution in [2.45, 2.75) is 51.7 Å². The number of nitrogens with zero attached hydrogens (tertiary/aromatic N) is 1. The Hall–Kier alpha value is -1.06. The Bertz CT molecular complexity index is 470. The van der Waals surface area contributed by atoms with E-state index in [1.165, 1.54) is 49.9 Å². The molecular weight excluding hydrogens is 260 g/mol. The number of ether oxygens (including phenoxy) is 1. The van der Waals surface area contributed by atoms with Crippen molar-refractivity contribution in [1.29, 1.82) is 0 Å². The molecule has 0 spiro atoms. The van der Waals surface area contributed by atoms with E-state index in [1.807, 2.05) is 0 Å². The number of likely N-dealkylation sites (tertiary alicyclic amines) is 1. The van der Waals surface area contributed by atoms with Crippen LogP contribution in [0.15, 0.2) is 18.2 Å². The van der Waals surface area contributed by atoms with E-state index in [9.17, 15) is 0 Å². The molecule has 3 nitrogen and oxygen atoms in total. The molecule has 2 aliphatic rings. The number of hydrogen-bond acceptors (Lipinski definition) is 3. The van der Waals surface area contributed by atoms with Gasteiger partial charge in [0.15, 0.2) is 0 Å². The highest BCUT2D eigenvalue weighted by Gasteiger charge is 2.22. The summed E-state index contributed by atoms with van der Waals surface area (Å²) in [5, 5.41) is 3.59. The van der Waals surface area contributed by atoms with Crippen LogP contribution in [0.3, 0.4) is 0 Å². The zero-order chi connectivity index (χ0) is 14.7. The van der Waals surface area contributed by atoms with Gasteiger partial charge in [-0.05, 0) is 49.4 Å². The first kappa shape index (κ1) is 14.9. The summed E-state index contributed by atoms with van der Waals surface area (Å²) in [5.41, 5.74) is 2.72. The van der Waals surface area contributed by atoms with Crippen LogP contribution in [0.1, 0.15) is 43.7 Å². The van der Waals surface area contributed by atoms with Crippen molar-refractivity contribution < 1.29 is 4.74 Å². The molecule has 1 saturated heterocycles. The average Bonchev–Trinajstić information content (AvgIpc) is 3.23. The average molecular weight is 288 g/mol. The van der Waals surface area contributed by atoms with Gasteiger partial charge in [0.1, 0.15) is 5.75 Å². The first-order valence-electron chi connectivity index (χ1n) is 8.40. The molecule has 3 heteroatoms. The third-order valence-electron chi connectivity index (χ3n) is 4.86. The van der Waals surface area contributed by atoms with E-state index in [1.54, 1.807) is 7.11 Å². The minimum Gasteiger partial charge on any atom is -0.496 e. The van der Waals surface area contributed by atoms with Gasteiger partial charge < -0.3 is 10.1 Å². The second-order valence-electron chi connectivity index (χ2n) is 6.60. The Morgan fingerprint density at radius 2 is 2.14 bits per heavy atom. The van der Waals surface area contributed by atoms with Crippen LogP contribution in [0.25, 0.3) is 0 Å². The predicted octanol–water partition coefficient (Wildman–Crippen LogP) is 3.18. The van der Waals surface area contributed by atoms with Gasteiger partial charge >= 0.3 is 0 Å². The molecule has 0 aromatic heterocycles. The van der Waals surface area contributed by atoms with Gasteiger partial charge in [-0.15, -0.1) is 0 Å². The number of nitrogens with one attached hydrogen (secondary N) is 1. The first-order chi connectivity index (χ1) is 10.3. The lowest BCUT2D eigenvalue weighted by atomic mass is 10.1. The van der Waals surface area contributed by atoms with Gasteiger partial charge in [0.2, 0.25) is 0 Å². The van der Waals surface area contributed by atoms with Crippen LogP contribution in [-0.2, 0) is 13.1 Å². The molecule has 1 aliphatic heterocycles. The van der Waals surface area contributed by atoms with Crippen LogP contribution in [0.2, 0.25) is 0 Å². The van der Waals surface area contributed by atoms with Gasteiger partial charge in [-0.25, -0.2) is 0 Å². The SMILES string of the molecule is CCC1CCN(Cc2cc(CNC3CC3)ccc2OC)C1. The second-order valence-corrected chi connectivity index (χ2v) is 6.60. The summed E-state index contributed by atoms with van der Waals surface area (Å²) < 4.78 is 5.55. The molecule has 1 N–H and O–H groups in total. The quantitative estimate of drug-likeness (QED) is 0.834. The molecule has 21 heavy (non-hydrogen) atoms. The molecular formula is C18H28N2O. The Labute approximate surface area is 128 Å². The highest BCUT2D eigenvalue weighted by molar-refractivity contribution is 5.37. The summed E-state index contributed by atoms with van der Waals surface area (Å²) in [6, 6.07) is 7.41. The Kier molecular flexibility index (Phi) is 4.81. The fourth-order valence-electron chi connectivity index (χ4n) is 3.25. The van der Waals surface area contributed by atoms with Crippen molar-refractivity contribution in [3.8, 4) is 5.75 Å². The second kappa shape index (κ2) is 6.80. The number of rotatable bonds is 7. The fraction of sp³-hybridized carbons (Fsp3) is 0.667. The van der Waals surface area contributed by atoms with E-state index < -0.39 is 0 Å². The molecule has 1 heterocycles. The highest BCUT2D eigenvalue weighted by atomic mass is 16.5. The zero-order valence-electron chi connectivity index (χ0n) is 13.4. The molecule has 2 fully saturated rings. The van der Waals surface area contributed by atoms with Crippen molar-refractivity contribution in [3.63, 3.8) is 0 Å². The minimum atomic E-state index is 0.763. The van der Waals surface area contributed by atoms with E-state index in [2.05, 4.69) is 35.3 Å². The topological polar surface area (TPSA) is 24.5 Å². The van der Waals surface area contributed by atoms with Crippen LogP contribution in [0.5, 0.6) is 5.75 Å². The molecule has 0 bridgehead atoms. The van der Waals surface area contributed by atoms with E-state index in [-0.39, 0.29) is 0 Å². The molecule has 1 saturated carbocycles. The summed E-state index contributed by atoms with van der Waals surface area (Å²) in [6.45, 7) is 6.78. The maximum absolute atomic E-state index is 5.55. The molecule has 0 amide bonds. The Morgan fingerprint density at radius 3 is 2.81 bits per heavy atom. The third kappa shape index (κ3) is 3.98. The smallest absolute Gasteiger partial charge is 0.123 e. The predicted molar refractivity (Wildman–Crippen MR) is 86.5 cm³/mol. The lowest BCUT2D eigenvalue weighted by Gasteiger charge is -2.18. The van der Waals surface area contributed by atoms with E-state index >= 15 is 0 Å². The Morgan fingerprint density at radius 1 is 1.29 bits per heavy atom. The molecule has 1 aliphatic carbocycles. The highest BCUT2D eigenvalue weighted by Crippen LogP contribution is 2.26. The number of methoxy groups -OCH3 is 1. The molecule has 0 radical (unpaired) electrons. The minimum absolute atomic E-state index is 0.763. The molecule has 1 aromatic rings. The van der Waals surface area contributed by atoms with Crippen LogP contribution >= 0.6 is 0 Å². The largest absolute Gasteiger partial charge is 0.496 e. The maximum atomic E-state index is 5.55. The molecule has 116 valence electrons. The standard InChI is InChI=1S/C18H28N2O/c1-3-14-8-9-20(12-14)13-16-10-15(4-7-18(16)21-2)11-19-17-5-6-17/h4,7,10,14,17,19H,3,5-6,8-9,11-13H2,1-2H3. The van der Waals surface area contributed by atoms with Crippen molar-refractivity contribution >= 4 is 0 Å². The summed E-state index contributed by atoms with van der Waals surface area (Å²) in [6.07, 6.45) is 5.34. The monoisotopic (exact) mass is 288 g/mol. The van der Waals surface area contributed by atoms with Crippen LogP contribution in [0.4, 0.5) is 0 Å². The lowest BCUT2D eigenvalue weighted by Crippen LogP contribution is -2.21. The summed E-state index contributed by atoms with van der Waals surface area (Å²) >= 11 is 0. The molecule has 1 atom stereocenters. The summed E-state index contributed by atoms with van der Waals surface area (Å²) in [5.74, 6) is 1.92. The van der Waals surface area contributed by atoms with Gasteiger partial charge in [0.05, 0.1) is 7.11 Å². The summed E-state index contributed by atoms with van der Waals surface area (Å²) in [4.78, 5) is 2.57. The van der Waals surface area contributed by atoms with E-state index in [0.717, 1.165) is 30.8 Å². The molecule has 1 aromatic carbocycles. The van der Waals surface area contributed by atoms with Crippen molar-refractivity contribution in [2.75, 3.05) is 20.2 Å². The number of hydrogen-bond donors (Lipinski definition) is 1. The zero-order valence-corrected chi connectivity index (χ0v) is 13.4. The fourth-order valence-corrected chi connectivity index (χ4v) is 3.25. The van der Waals surface area contributed by atoms with Crippen molar-refractivity contribution in [1.82, 2.24) is 10.2 Å². The van der Waals surface area contributed by atoms with Gasteiger partial charge in [-0.3, -0.25) is 4.90 Å². The van der Waals surface area contributed by atoms with E-state index in [4.69, 9.17) is 4.74 Å². The van der Waals surface area contributed by atoms with Crippen molar-refractivity contribution in [3.05, 3.63) is 29.3 Å². The molecule has 1 unspecified atom stereocenters. The van der Waals surface area contributed by atoms with Crippen LogP contribution < -0.4 is 10.1 Å². The van der Waals surface area contributed by atoms with Crippen LogP contribution in [-0.4, -0.2) is 31.1 Å². The summed E-state index contributed by atoms with van der Waals surface area (Å²) in [7, 11) is 1.78. The van der Waals surface area contributed by atoms with Crippen molar-refractivity contribution in [2.24, 2.45) is 5.92 Å². The van der Waals surface area contributed by atoms with Gasteiger partial charge in [-0.1, -0.05) is 19.4 Å². The lowest BCUT2D eigenvalue weighted by molar-refractivity contribution is 0.307. The first-order valence-corrected chi connectivity index (χ1v) is 8.40. The van der Waals surface area contributed by atoms with Gasteiger partial charge in [-0.2, -0.15) is 0 Å². The number of benzene rings is 1. The van der Waals surface area contributed by atoms with Gasteiger partial charge in [0.25, 0.3) is 0 Å². The van der Waals surface area contributed by atoms with Gasteiger partial charge in [0, 0.05) is 31.2 Å². The van der Waals surface area contributed by atoms with E-state index in [0.29, 0.717) is 0 Å². The maximum Gasteiger partial charge on any atom is 0.123 e. The molecule has 3 rings (SSSR count).